The predicted molar refractivity (Wildman–Crippen MR) is 99.5 cm³/mol. The maximum absolute atomic E-state index is 6.13. The molecule has 0 saturated heterocycles. The van der Waals surface area contributed by atoms with E-state index in [9.17, 15) is 0 Å². The van der Waals surface area contributed by atoms with Crippen molar-refractivity contribution in [2.45, 2.75) is 44.6 Å². The highest BCUT2D eigenvalue weighted by Gasteiger charge is 2.44. The summed E-state index contributed by atoms with van der Waals surface area (Å²) in [4.78, 5) is 4.30. The maximum Gasteiger partial charge on any atom is 0.191 e. The average molecular weight is 337 g/mol. The maximum atomic E-state index is 6.13. The highest BCUT2D eigenvalue weighted by Crippen LogP contribution is 2.48. The van der Waals surface area contributed by atoms with Crippen LogP contribution in [0.5, 0.6) is 0 Å². The van der Waals surface area contributed by atoms with Crippen molar-refractivity contribution < 1.29 is 0 Å². The smallest absolute Gasteiger partial charge is 0.191 e. The van der Waals surface area contributed by atoms with Crippen molar-refractivity contribution in [1.29, 1.82) is 0 Å². The number of benzene rings is 1. The topological polar surface area (TPSA) is 48.5 Å². The monoisotopic (exact) mass is 336 g/mol. The number of halogens is 1. The van der Waals surface area contributed by atoms with Gasteiger partial charge in [-0.2, -0.15) is 0 Å². The minimum atomic E-state index is 0.142. The van der Waals surface area contributed by atoms with Gasteiger partial charge in [0.1, 0.15) is 0 Å². The molecule has 128 valence electrons. The van der Waals surface area contributed by atoms with Crippen LogP contribution in [0.2, 0.25) is 5.02 Å². The third-order valence-corrected chi connectivity index (χ3v) is 4.42. The van der Waals surface area contributed by atoms with Crippen LogP contribution in [0.25, 0.3) is 0 Å². The lowest BCUT2D eigenvalue weighted by atomic mass is 9.96. The van der Waals surface area contributed by atoms with Crippen LogP contribution in [0.15, 0.2) is 29.3 Å². The summed E-state index contributed by atoms with van der Waals surface area (Å²) in [5, 5.41) is 11.1. The van der Waals surface area contributed by atoms with Gasteiger partial charge in [0.25, 0.3) is 0 Å². The quantitative estimate of drug-likeness (QED) is 0.425. The van der Waals surface area contributed by atoms with E-state index in [1.54, 1.807) is 0 Å². The lowest BCUT2D eigenvalue weighted by molar-refractivity contribution is 0.428. The molecule has 2 rings (SSSR count). The first-order valence-electron chi connectivity index (χ1n) is 8.30. The number of hydrogen-bond donors (Lipinski definition) is 3. The molecule has 1 fully saturated rings. The molecule has 1 aliphatic rings. The van der Waals surface area contributed by atoms with Crippen molar-refractivity contribution in [2.24, 2.45) is 4.99 Å². The first-order chi connectivity index (χ1) is 10.8. The summed E-state index contributed by atoms with van der Waals surface area (Å²) >= 11 is 6.13. The van der Waals surface area contributed by atoms with E-state index in [4.69, 9.17) is 11.6 Å². The summed E-state index contributed by atoms with van der Waals surface area (Å²) in [6, 6.07) is 8.21. The highest BCUT2D eigenvalue weighted by molar-refractivity contribution is 6.30. The van der Waals surface area contributed by atoms with Crippen LogP contribution in [0.3, 0.4) is 0 Å². The Bertz CT molecular complexity index is 544. The zero-order chi connectivity index (χ0) is 16.9. The Morgan fingerprint density at radius 3 is 2.52 bits per heavy atom. The van der Waals surface area contributed by atoms with Crippen LogP contribution in [-0.2, 0) is 5.41 Å². The molecule has 0 bridgehead atoms. The Kier molecular flexibility index (Phi) is 5.93. The average Bonchev–Trinajstić information content (AvgIpc) is 3.27. The van der Waals surface area contributed by atoms with Crippen molar-refractivity contribution in [3.05, 3.63) is 34.9 Å². The minimum Gasteiger partial charge on any atom is -0.356 e. The summed E-state index contributed by atoms with van der Waals surface area (Å²) < 4.78 is 0. The lowest BCUT2D eigenvalue weighted by Crippen LogP contribution is -2.46. The van der Waals surface area contributed by atoms with Gasteiger partial charge >= 0.3 is 0 Å². The van der Waals surface area contributed by atoms with Crippen molar-refractivity contribution in [2.75, 3.05) is 26.7 Å². The third kappa shape index (κ3) is 5.70. The molecule has 1 aromatic rings. The molecule has 0 spiro atoms. The standard InChI is InChI=1S/C18H29ClN4/c1-17(2,3)23-11-10-21-16(20-4)22-13-18(8-9-18)14-6-5-7-15(19)12-14/h5-7,12,23H,8-11,13H2,1-4H3,(H2,20,21,22). The van der Waals surface area contributed by atoms with E-state index in [2.05, 4.69) is 53.8 Å². The van der Waals surface area contributed by atoms with E-state index in [0.29, 0.717) is 0 Å². The van der Waals surface area contributed by atoms with E-state index < -0.39 is 0 Å². The molecule has 0 aliphatic heterocycles. The SMILES string of the molecule is CN=C(NCCNC(C)(C)C)NCC1(c2cccc(Cl)c2)CC1. The van der Waals surface area contributed by atoms with Crippen LogP contribution < -0.4 is 16.0 Å². The van der Waals surface area contributed by atoms with Gasteiger partial charge in [0.2, 0.25) is 0 Å². The molecule has 0 aromatic heterocycles. The number of nitrogens with one attached hydrogen (secondary N) is 3. The molecule has 0 radical (unpaired) electrons. The summed E-state index contributed by atoms with van der Waals surface area (Å²) in [6.07, 6.45) is 2.39. The number of hydrogen-bond acceptors (Lipinski definition) is 2. The fourth-order valence-corrected chi connectivity index (χ4v) is 2.82. The van der Waals surface area contributed by atoms with Gasteiger partial charge < -0.3 is 16.0 Å². The minimum absolute atomic E-state index is 0.142. The van der Waals surface area contributed by atoms with Gasteiger partial charge in [0.05, 0.1) is 0 Å². The third-order valence-electron chi connectivity index (χ3n) is 4.18. The van der Waals surface area contributed by atoms with Gasteiger partial charge in [0.15, 0.2) is 5.96 Å². The summed E-state index contributed by atoms with van der Waals surface area (Å²) in [7, 11) is 1.81. The molecule has 1 aromatic carbocycles. The second-order valence-electron chi connectivity index (χ2n) is 7.32. The van der Waals surface area contributed by atoms with Crippen molar-refractivity contribution in [3.8, 4) is 0 Å². The molecule has 1 aliphatic carbocycles. The van der Waals surface area contributed by atoms with Crippen molar-refractivity contribution in [3.63, 3.8) is 0 Å². The second-order valence-corrected chi connectivity index (χ2v) is 7.76. The van der Waals surface area contributed by atoms with Gasteiger partial charge in [-0.05, 0) is 51.3 Å². The Morgan fingerprint density at radius 2 is 1.96 bits per heavy atom. The molecule has 0 amide bonds. The van der Waals surface area contributed by atoms with E-state index in [-0.39, 0.29) is 11.0 Å². The molecule has 4 nitrogen and oxygen atoms in total. The number of aliphatic imine (C=N–C) groups is 1. The molecule has 5 heteroatoms. The first kappa shape index (κ1) is 18.1. The van der Waals surface area contributed by atoms with Gasteiger partial charge in [0, 0.05) is 42.7 Å². The summed E-state index contributed by atoms with van der Waals surface area (Å²) in [5.41, 5.74) is 1.68. The molecule has 23 heavy (non-hydrogen) atoms. The number of rotatable bonds is 6. The van der Waals surface area contributed by atoms with Gasteiger partial charge in [-0.1, -0.05) is 23.7 Å². The van der Waals surface area contributed by atoms with Crippen molar-refractivity contribution >= 4 is 17.6 Å². The Balaban J connectivity index is 1.80. The second kappa shape index (κ2) is 7.54. The number of nitrogens with zero attached hydrogens (tertiary/aromatic N) is 1. The highest BCUT2D eigenvalue weighted by atomic mass is 35.5. The molecular weight excluding hydrogens is 308 g/mol. The van der Waals surface area contributed by atoms with Crippen LogP contribution in [-0.4, -0.2) is 38.2 Å². The van der Waals surface area contributed by atoms with Gasteiger partial charge in [-0.3, -0.25) is 4.99 Å². The predicted octanol–water partition coefficient (Wildman–Crippen LogP) is 2.92. The van der Waals surface area contributed by atoms with Crippen LogP contribution >= 0.6 is 11.6 Å². The normalized spacial score (nSPS) is 17.0. The largest absolute Gasteiger partial charge is 0.356 e. The Hall–Kier alpha value is -1.26. The molecule has 1 saturated carbocycles. The van der Waals surface area contributed by atoms with E-state index >= 15 is 0 Å². The summed E-state index contributed by atoms with van der Waals surface area (Å²) in [6.45, 7) is 9.15. The lowest BCUT2D eigenvalue weighted by Gasteiger charge is -2.22. The van der Waals surface area contributed by atoms with E-state index in [0.717, 1.165) is 30.6 Å². The fourth-order valence-electron chi connectivity index (χ4n) is 2.63. The zero-order valence-electron chi connectivity index (χ0n) is 14.7. The van der Waals surface area contributed by atoms with Crippen LogP contribution in [0.4, 0.5) is 0 Å². The molecule has 0 atom stereocenters. The molecule has 0 heterocycles. The Morgan fingerprint density at radius 1 is 1.22 bits per heavy atom. The van der Waals surface area contributed by atoms with E-state index in [1.807, 2.05) is 19.2 Å². The van der Waals surface area contributed by atoms with Crippen molar-refractivity contribution in [1.82, 2.24) is 16.0 Å². The fraction of sp³-hybridized carbons (Fsp3) is 0.611. The van der Waals surface area contributed by atoms with Crippen LogP contribution in [0.1, 0.15) is 39.2 Å². The van der Waals surface area contributed by atoms with E-state index in [1.165, 1.54) is 18.4 Å². The van der Waals surface area contributed by atoms with Crippen LogP contribution in [0, 0.1) is 0 Å². The van der Waals surface area contributed by atoms with Gasteiger partial charge in [-0.15, -0.1) is 0 Å². The Labute approximate surface area is 145 Å². The molecule has 3 N–H and O–H groups in total. The molecular formula is C18H29ClN4. The first-order valence-corrected chi connectivity index (χ1v) is 8.68. The number of guanidine groups is 1. The molecule has 0 unspecified atom stereocenters. The van der Waals surface area contributed by atoms with Gasteiger partial charge in [-0.25, -0.2) is 0 Å². The summed E-state index contributed by atoms with van der Waals surface area (Å²) in [5.74, 6) is 0.856. The zero-order valence-corrected chi connectivity index (χ0v) is 15.4.